The highest BCUT2D eigenvalue weighted by atomic mass is 32.1. The zero-order chi connectivity index (χ0) is 19.4. The van der Waals surface area contributed by atoms with Gasteiger partial charge in [0.15, 0.2) is 5.13 Å². The maximum absolute atomic E-state index is 11.2. The number of nitro groups is 1. The average molecular weight is 380 g/mol. The number of ether oxygens (including phenoxy) is 1. The Morgan fingerprint density at radius 1 is 1.30 bits per heavy atom. The molecule has 0 spiro atoms. The van der Waals surface area contributed by atoms with Gasteiger partial charge < -0.3 is 10.1 Å². The van der Waals surface area contributed by atoms with Crippen molar-refractivity contribution in [1.29, 1.82) is 5.26 Å². The summed E-state index contributed by atoms with van der Waals surface area (Å²) in [4.78, 5) is 26.6. The first-order chi connectivity index (χ1) is 13.0. The van der Waals surface area contributed by atoms with Gasteiger partial charge in [0.1, 0.15) is 5.75 Å². The van der Waals surface area contributed by atoms with Gasteiger partial charge in [0, 0.05) is 19.2 Å². The summed E-state index contributed by atoms with van der Waals surface area (Å²) in [6.07, 6.45) is 1.65. The standard InChI is InChI=1S/C18H12N4O4S/c1-11(23)21-18-20-10-17(27-18)13-3-5-14(6-4-13)26-16-7-2-12(9-19)8-15(16)22(24)25/h2-8,10H,1H3,(H,20,21,23). The van der Waals surface area contributed by atoms with Crippen LogP contribution in [-0.4, -0.2) is 15.8 Å². The van der Waals surface area contributed by atoms with Gasteiger partial charge in [0.2, 0.25) is 11.7 Å². The summed E-state index contributed by atoms with van der Waals surface area (Å²) in [5.74, 6) is 0.277. The molecule has 134 valence electrons. The number of carbonyl (C=O) groups is 1. The fraction of sp³-hybridized carbons (Fsp3) is 0.0556. The zero-order valence-corrected chi connectivity index (χ0v) is 14.8. The van der Waals surface area contributed by atoms with E-state index in [9.17, 15) is 14.9 Å². The van der Waals surface area contributed by atoms with Gasteiger partial charge in [-0.25, -0.2) is 4.98 Å². The smallest absolute Gasteiger partial charge is 0.312 e. The van der Waals surface area contributed by atoms with Crippen LogP contribution in [0.15, 0.2) is 48.7 Å². The molecule has 0 aliphatic heterocycles. The number of benzene rings is 2. The molecule has 0 saturated carbocycles. The summed E-state index contributed by atoms with van der Waals surface area (Å²) >= 11 is 1.33. The lowest BCUT2D eigenvalue weighted by Crippen LogP contribution is -2.04. The van der Waals surface area contributed by atoms with Crippen molar-refractivity contribution in [2.75, 3.05) is 5.32 Å². The van der Waals surface area contributed by atoms with Gasteiger partial charge in [-0.05, 0) is 42.0 Å². The van der Waals surface area contributed by atoms with Crippen LogP contribution in [0, 0.1) is 21.4 Å². The molecule has 27 heavy (non-hydrogen) atoms. The quantitative estimate of drug-likeness (QED) is 0.519. The van der Waals surface area contributed by atoms with Gasteiger partial charge in [0.05, 0.1) is 21.4 Å². The van der Waals surface area contributed by atoms with Crippen molar-refractivity contribution in [2.24, 2.45) is 0 Å². The van der Waals surface area contributed by atoms with E-state index >= 15 is 0 Å². The van der Waals surface area contributed by atoms with E-state index in [0.29, 0.717) is 10.9 Å². The Morgan fingerprint density at radius 3 is 2.67 bits per heavy atom. The van der Waals surface area contributed by atoms with E-state index in [1.54, 1.807) is 30.5 Å². The number of nitriles is 1. The predicted octanol–water partition coefficient (Wildman–Crippen LogP) is 4.34. The van der Waals surface area contributed by atoms with Crippen molar-refractivity contribution in [3.05, 3.63) is 64.3 Å². The molecule has 8 nitrogen and oxygen atoms in total. The Morgan fingerprint density at radius 2 is 2.04 bits per heavy atom. The van der Waals surface area contributed by atoms with Gasteiger partial charge in [-0.3, -0.25) is 14.9 Å². The molecule has 1 aromatic heterocycles. The monoisotopic (exact) mass is 380 g/mol. The van der Waals surface area contributed by atoms with Gasteiger partial charge in [-0.2, -0.15) is 5.26 Å². The number of thiazole rings is 1. The number of anilines is 1. The fourth-order valence-electron chi connectivity index (χ4n) is 2.25. The van der Waals surface area contributed by atoms with Crippen molar-refractivity contribution in [3.8, 4) is 28.0 Å². The summed E-state index contributed by atoms with van der Waals surface area (Å²) in [6, 6.07) is 12.8. The molecule has 0 fully saturated rings. The second kappa shape index (κ2) is 7.63. The van der Waals surface area contributed by atoms with Crippen LogP contribution in [0.1, 0.15) is 12.5 Å². The number of nitrogens with zero attached hydrogens (tertiary/aromatic N) is 3. The number of aromatic nitrogens is 1. The molecule has 1 amide bonds. The number of nitro benzene ring substituents is 1. The Labute approximate surface area is 157 Å². The summed E-state index contributed by atoms with van der Waals surface area (Å²) < 4.78 is 5.60. The summed E-state index contributed by atoms with van der Waals surface area (Å²) in [7, 11) is 0. The van der Waals surface area contributed by atoms with Crippen LogP contribution in [0.2, 0.25) is 0 Å². The molecular formula is C18H12N4O4S. The predicted molar refractivity (Wildman–Crippen MR) is 99.7 cm³/mol. The van der Waals surface area contributed by atoms with Crippen LogP contribution in [0.25, 0.3) is 10.4 Å². The molecular weight excluding hydrogens is 368 g/mol. The number of hydrogen-bond donors (Lipinski definition) is 1. The Balaban J connectivity index is 1.80. The van der Waals surface area contributed by atoms with E-state index in [4.69, 9.17) is 10.00 Å². The zero-order valence-electron chi connectivity index (χ0n) is 14.0. The lowest BCUT2D eigenvalue weighted by Gasteiger charge is -2.07. The maximum Gasteiger partial charge on any atom is 0.312 e. The van der Waals surface area contributed by atoms with E-state index in [0.717, 1.165) is 10.4 Å². The third-order valence-corrected chi connectivity index (χ3v) is 4.40. The van der Waals surface area contributed by atoms with Crippen molar-refractivity contribution in [3.63, 3.8) is 0 Å². The molecule has 0 radical (unpaired) electrons. The molecule has 1 heterocycles. The van der Waals surface area contributed by atoms with Gasteiger partial charge in [-0.1, -0.05) is 11.3 Å². The van der Waals surface area contributed by atoms with E-state index in [1.165, 1.54) is 36.5 Å². The van der Waals surface area contributed by atoms with E-state index < -0.39 is 4.92 Å². The fourth-order valence-corrected chi connectivity index (χ4v) is 3.11. The van der Waals surface area contributed by atoms with Gasteiger partial charge >= 0.3 is 5.69 Å². The largest absolute Gasteiger partial charge is 0.450 e. The van der Waals surface area contributed by atoms with Crippen molar-refractivity contribution >= 4 is 28.1 Å². The van der Waals surface area contributed by atoms with Crippen molar-refractivity contribution < 1.29 is 14.5 Å². The molecule has 0 aliphatic rings. The summed E-state index contributed by atoms with van der Waals surface area (Å²) in [5.41, 5.74) is 0.774. The van der Waals surface area contributed by atoms with E-state index in [-0.39, 0.29) is 22.9 Å². The van der Waals surface area contributed by atoms with Gasteiger partial charge in [0.25, 0.3) is 0 Å². The minimum absolute atomic E-state index is 0.0532. The normalized spacial score (nSPS) is 10.1. The second-order valence-electron chi connectivity index (χ2n) is 5.39. The number of carbonyl (C=O) groups excluding carboxylic acids is 1. The summed E-state index contributed by atoms with van der Waals surface area (Å²) in [5, 5.41) is 23.2. The lowest BCUT2D eigenvalue weighted by molar-refractivity contribution is -0.385. The number of nitrogens with one attached hydrogen (secondary N) is 1. The first-order valence-corrected chi connectivity index (χ1v) is 8.48. The van der Waals surface area contributed by atoms with E-state index in [1.807, 2.05) is 6.07 Å². The highest BCUT2D eigenvalue weighted by molar-refractivity contribution is 7.19. The number of rotatable bonds is 5. The summed E-state index contributed by atoms with van der Waals surface area (Å²) in [6.45, 7) is 1.41. The van der Waals surface area contributed by atoms with Crippen LogP contribution in [0.4, 0.5) is 10.8 Å². The minimum atomic E-state index is -0.592. The Hall–Kier alpha value is -3.77. The minimum Gasteiger partial charge on any atom is -0.450 e. The molecule has 0 unspecified atom stereocenters. The Bertz CT molecular complexity index is 1050. The van der Waals surface area contributed by atoms with Crippen LogP contribution in [-0.2, 0) is 4.79 Å². The molecule has 3 rings (SSSR count). The topological polar surface area (TPSA) is 118 Å². The molecule has 1 N–H and O–H groups in total. The third kappa shape index (κ3) is 4.26. The molecule has 3 aromatic rings. The maximum atomic E-state index is 11.2. The molecule has 0 saturated heterocycles. The number of amides is 1. The van der Waals surface area contributed by atoms with Crippen LogP contribution >= 0.6 is 11.3 Å². The SMILES string of the molecule is CC(=O)Nc1ncc(-c2ccc(Oc3ccc(C#N)cc3[N+](=O)[O-])cc2)s1. The van der Waals surface area contributed by atoms with Crippen molar-refractivity contribution in [1.82, 2.24) is 4.98 Å². The number of hydrogen-bond acceptors (Lipinski definition) is 7. The highest BCUT2D eigenvalue weighted by Gasteiger charge is 2.17. The molecule has 0 bridgehead atoms. The first kappa shape index (κ1) is 18.0. The van der Waals surface area contributed by atoms with Crippen LogP contribution < -0.4 is 10.1 Å². The van der Waals surface area contributed by atoms with E-state index in [2.05, 4.69) is 10.3 Å². The average Bonchev–Trinajstić information content (AvgIpc) is 3.10. The molecule has 0 atom stereocenters. The highest BCUT2D eigenvalue weighted by Crippen LogP contribution is 2.34. The Kier molecular flexibility index (Phi) is 5.10. The lowest BCUT2D eigenvalue weighted by atomic mass is 10.2. The molecule has 2 aromatic carbocycles. The van der Waals surface area contributed by atoms with Crippen LogP contribution in [0.5, 0.6) is 11.5 Å². The second-order valence-corrected chi connectivity index (χ2v) is 6.42. The molecule has 9 heteroatoms. The van der Waals surface area contributed by atoms with Gasteiger partial charge in [-0.15, -0.1) is 0 Å². The van der Waals surface area contributed by atoms with Crippen LogP contribution in [0.3, 0.4) is 0 Å². The molecule has 0 aliphatic carbocycles. The van der Waals surface area contributed by atoms with Crippen molar-refractivity contribution in [2.45, 2.75) is 6.92 Å². The third-order valence-electron chi connectivity index (χ3n) is 3.44. The first-order valence-electron chi connectivity index (χ1n) is 7.66.